The molecule has 0 fully saturated rings. The van der Waals surface area contributed by atoms with Gasteiger partial charge in [-0.2, -0.15) is 5.10 Å². The highest BCUT2D eigenvalue weighted by Crippen LogP contribution is 2.27. The summed E-state index contributed by atoms with van der Waals surface area (Å²) in [5, 5.41) is 11.1. The summed E-state index contributed by atoms with van der Waals surface area (Å²) in [5.41, 5.74) is 6.25. The van der Waals surface area contributed by atoms with Crippen LogP contribution in [0.15, 0.2) is 6.07 Å². The molecule has 2 atom stereocenters. The number of hydrogen-bond acceptors (Lipinski definition) is 5. The molecule has 0 aliphatic rings. The SMILES string of the molecule is Cc1nn(C)c2sc(C(=O)NC(C)C(=O)NC(C)(CN)CC(C)C)cc12. The Morgan fingerprint density at radius 2 is 2.04 bits per heavy atom. The van der Waals surface area contributed by atoms with E-state index in [0.717, 1.165) is 22.3 Å². The van der Waals surface area contributed by atoms with Gasteiger partial charge in [0.05, 0.1) is 10.6 Å². The number of carbonyl (C=O) groups is 2. The van der Waals surface area contributed by atoms with Gasteiger partial charge in [-0.25, -0.2) is 0 Å². The third-order valence-electron chi connectivity index (χ3n) is 4.40. The third-order valence-corrected chi connectivity index (χ3v) is 5.60. The minimum atomic E-state index is -0.648. The van der Waals surface area contributed by atoms with E-state index in [-0.39, 0.29) is 11.8 Å². The van der Waals surface area contributed by atoms with E-state index in [2.05, 4.69) is 29.6 Å². The number of nitrogens with one attached hydrogen (secondary N) is 2. The van der Waals surface area contributed by atoms with Crippen LogP contribution in [0.3, 0.4) is 0 Å². The summed E-state index contributed by atoms with van der Waals surface area (Å²) >= 11 is 1.37. The fourth-order valence-electron chi connectivity index (χ4n) is 3.14. The molecule has 0 bridgehead atoms. The molecule has 0 saturated heterocycles. The van der Waals surface area contributed by atoms with Crippen molar-refractivity contribution in [3.63, 3.8) is 0 Å². The minimum Gasteiger partial charge on any atom is -0.348 e. The number of thiophene rings is 1. The molecule has 0 aliphatic carbocycles. The van der Waals surface area contributed by atoms with E-state index >= 15 is 0 Å². The van der Waals surface area contributed by atoms with Crippen molar-refractivity contribution in [2.24, 2.45) is 18.7 Å². The maximum atomic E-state index is 12.5. The molecule has 2 heterocycles. The summed E-state index contributed by atoms with van der Waals surface area (Å²) in [6.07, 6.45) is 0.776. The number of aromatic nitrogens is 2. The van der Waals surface area contributed by atoms with Crippen LogP contribution >= 0.6 is 11.3 Å². The van der Waals surface area contributed by atoms with Crippen molar-refractivity contribution < 1.29 is 9.59 Å². The average molecular weight is 380 g/mol. The van der Waals surface area contributed by atoms with Gasteiger partial charge in [-0.05, 0) is 39.2 Å². The van der Waals surface area contributed by atoms with Crippen LogP contribution in [-0.2, 0) is 11.8 Å². The van der Waals surface area contributed by atoms with Crippen molar-refractivity contribution in [1.82, 2.24) is 20.4 Å². The van der Waals surface area contributed by atoms with Crippen LogP contribution in [0.4, 0.5) is 0 Å². The van der Waals surface area contributed by atoms with Crippen LogP contribution in [0.5, 0.6) is 0 Å². The zero-order valence-corrected chi connectivity index (χ0v) is 17.2. The molecular formula is C18H29N5O2S. The lowest BCUT2D eigenvalue weighted by Crippen LogP contribution is -2.57. The highest BCUT2D eigenvalue weighted by Gasteiger charge is 2.28. The maximum absolute atomic E-state index is 12.5. The van der Waals surface area contributed by atoms with Crippen molar-refractivity contribution in [2.45, 2.75) is 52.6 Å². The zero-order valence-electron chi connectivity index (χ0n) is 16.3. The van der Waals surface area contributed by atoms with E-state index < -0.39 is 11.6 Å². The van der Waals surface area contributed by atoms with E-state index in [9.17, 15) is 9.59 Å². The molecular weight excluding hydrogens is 350 g/mol. The van der Waals surface area contributed by atoms with E-state index in [1.807, 2.05) is 27.0 Å². The minimum absolute atomic E-state index is 0.231. The van der Waals surface area contributed by atoms with Gasteiger partial charge in [0.15, 0.2) is 0 Å². The molecule has 0 saturated carbocycles. The van der Waals surface area contributed by atoms with Crippen molar-refractivity contribution in [2.75, 3.05) is 6.54 Å². The summed E-state index contributed by atoms with van der Waals surface area (Å²) < 4.78 is 1.76. The van der Waals surface area contributed by atoms with Crippen LogP contribution in [0.25, 0.3) is 10.2 Å². The molecule has 0 spiro atoms. The van der Waals surface area contributed by atoms with E-state index in [1.54, 1.807) is 11.6 Å². The molecule has 2 amide bonds. The number of amides is 2. The molecule has 2 rings (SSSR count). The van der Waals surface area contributed by atoms with Gasteiger partial charge in [0.1, 0.15) is 10.9 Å². The first-order chi connectivity index (χ1) is 12.1. The molecule has 0 aliphatic heterocycles. The molecule has 2 aromatic rings. The molecule has 144 valence electrons. The number of rotatable bonds is 7. The Kier molecular flexibility index (Phi) is 6.08. The Balaban J connectivity index is 2.05. The Morgan fingerprint density at radius 1 is 1.38 bits per heavy atom. The highest BCUT2D eigenvalue weighted by atomic mass is 32.1. The number of nitrogens with two attached hydrogens (primary N) is 1. The maximum Gasteiger partial charge on any atom is 0.262 e. The van der Waals surface area contributed by atoms with Crippen LogP contribution in [0.2, 0.25) is 0 Å². The summed E-state index contributed by atoms with van der Waals surface area (Å²) in [7, 11) is 1.85. The van der Waals surface area contributed by atoms with Crippen molar-refractivity contribution in [3.8, 4) is 0 Å². The molecule has 8 heteroatoms. The summed E-state index contributed by atoms with van der Waals surface area (Å²) in [4.78, 5) is 26.5. The highest BCUT2D eigenvalue weighted by molar-refractivity contribution is 7.20. The van der Waals surface area contributed by atoms with Gasteiger partial charge < -0.3 is 16.4 Å². The number of aryl methyl sites for hydroxylation is 2. The predicted molar refractivity (Wildman–Crippen MR) is 105 cm³/mol. The molecule has 4 N–H and O–H groups in total. The van der Waals surface area contributed by atoms with E-state index in [0.29, 0.717) is 17.3 Å². The lowest BCUT2D eigenvalue weighted by atomic mass is 9.90. The third kappa shape index (κ3) is 4.42. The topological polar surface area (TPSA) is 102 Å². The Bertz CT molecular complexity index is 775. The van der Waals surface area contributed by atoms with Gasteiger partial charge in [-0.1, -0.05) is 13.8 Å². The monoisotopic (exact) mass is 379 g/mol. The number of fused-ring (bicyclic) bond motifs is 1. The lowest BCUT2D eigenvalue weighted by Gasteiger charge is -2.32. The van der Waals surface area contributed by atoms with E-state index in [4.69, 9.17) is 5.73 Å². The Labute approximate surface area is 158 Å². The van der Waals surface area contributed by atoms with Gasteiger partial charge in [-0.3, -0.25) is 14.3 Å². The number of nitrogens with zero attached hydrogens (tertiary/aromatic N) is 2. The standard InChI is InChI=1S/C18H29N5O2S/c1-10(2)8-18(5,9-19)21-15(24)12(4)20-16(25)14-7-13-11(3)22-23(6)17(13)26-14/h7,10,12H,8-9,19H2,1-6H3,(H,20,25)(H,21,24). The van der Waals surface area contributed by atoms with Crippen molar-refractivity contribution in [1.29, 1.82) is 0 Å². The first kappa shape index (κ1) is 20.4. The molecule has 0 aromatic carbocycles. The molecule has 2 aromatic heterocycles. The first-order valence-corrected chi connectivity index (χ1v) is 9.64. The average Bonchev–Trinajstić information content (AvgIpc) is 3.08. The Hall–Kier alpha value is -1.93. The first-order valence-electron chi connectivity index (χ1n) is 8.82. The second kappa shape index (κ2) is 7.75. The van der Waals surface area contributed by atoms with Gasteiger partial charge in [0.25, 0.3) is 5.91 Å². The Morgan fingerprint density at radius 3 is 2.58 bits per heavy atom. The summed E-state index contributed by atoms with van der Waals surface area (Å²) in [6.45, 7) is 10.0. The van der Waals surface area contributed by atoms with Crippen LogP contribution in [0.1, 0.15) is 49.5 Å². The fraction of sp³-hybridized carbons (Fsp3) is 0.611. The van der Waals surface area contributed by atoms with Gasteiger partial charge in [-0.15, -0.1) is 11.3 Å². The van der Waals surface area contributed by atoms with E-state index in [1.165, 1.54) is 11.3 Å². The zero-order chi connectivity index (χ0) is 19.6. The fourth-order valence-corrected chi connectivity index (χ4v) is 4.17. The van der Waals surface area contributed by atoms with Gasteiger partial charge in [0.2, 0.25) is 5.91 Å². The second-order valence-corrected chi connectivity index (χ2v) is 8.62. The normalized spacial score (nSPS) is 15.1. The van der Waals surface area contributed by atoms with Crippen molar-refractivity contribution >= 4 is 33.4 Å². The summed E-state index contributed by atoms with van der Waals surface area (Å²) in [6, 6.07) is 1.18. The van der Waals surface area contributed by atoms with Crippen LogP contribution < -0.4 is 16.4 Å². The smallest absolute Gasteiger partial charge is 0.262 e. The predicted octanol–water partition coefficient (Wildman–Crippen LogP) is 1.94. The summed E-state index contributed by atoms with van der Waals surface area (Å²) in [5.74, 6) is -0.0818. The molecule has 0 radical (unpaired) electrons. The van der Waals surface area contributed by atoms with Crippen LogP contribution in [-0.4, -0.2) is 39.7 Å². The second-order valence-electron chi connectivity index (χ2n) is 7.59. The van der Waals surface area contributed by atoms with Crippen LogP contribution in [0, 0.1) is 12.8 Å². The largest absolute Gasteiger partial charge is 0.348 e. The molecule has 26 heavy (non-hydrogen) atoms. The van der Waals surface area contributed by atoms with Gasteiger partial charge in [0, 0.05) is 24.5 Å². The lowest BCUT2D eigenvalue weighted by molar-refractivity contribution is -0.124. The van der Waals surface area contributed by atoms with Gasteiger partial charge >= 0.3 is 0 Å². The quantitative estimate of drug-likeness (QED) is 0.684. The molecule has 7 nitrogen and oxygen atoms in total. The van der Waals surface area contributed by atoms with Crippen molar-refractivity contribution in [3.05, 3.63) is 16.6 Å². The number of hydrogen-bond donors (Lipinski definition) is 3. The molecule has 2 unspecified atom stereocenters. The number of carbonyl (C=O) groups excluding carboxylic acids is 2.